The van der Waals surface area contributed by atoms with Crippen LogP contribution in [0.4, 0.5) is 10.1 Å². The maximum absolute atomic E-state index is 14.1. The standard InChI is InChI=1S/C28H27ClFN3O3S2/c29-23-2-1-13-31-24(23)17-32-27(34)19-5-10-25-22(16-19)28(11-14-37-15-12-28)26(18-3-4-18)33(25)38(35,36)21-8-6-20(30)7-9-21/h1-2,5-10,13,16,18,26H,3-4,11-12,14-15,17H2,(H,32,34). The van der Waals surface area contributed by atoms with E-state index < -0.39 is 15.8 Å². The fourth-order valence-electron chi connectivity index (χ4n) is 5.97. The molecule has 1 spiro atoms. The number of benzene rings is 2. The lowest BCUT2D eigenvalue weighted by Gasteiger charge is -2.41. The predicted octanol–water partition coefficient (Wildman–Crippen LogP) is 5.56. The minimum absolute atomic E-state index is 0.0757. The van der Waals surface area contributed by atoms with Gasteiger partial charge < -0.3 is 5.32 Å². The van der Waals surface area contributed by atoms with Crippen molar-refractivity contribution in [2.45, 2.75) is 48.6 Å². The van der Waals surface area contributed by atoms with Gasteiger partial charge in [-0.3, -0.25) is 14.1 Å². The van der Waals surface area contributed by atoms with Gasteiger partial charge in [0.2, 0.25) is 0 Å². The van der Waals surface area contributed by atoms with Crippen molar-refractivity contribution in [3.63, 3.8) is 0 Å². The second-order valence-electron chi connectivity index (χ2n) is 10.2. The van der Waals surface area contributed by atoms with Gasteiger partial charge in [0.25, 0.3) is 15.9 Å². The zero-order chi connectivity index (χ0) is 26.5. The lowest BCUT2D eigenvalue weighted by Crippen LogP contribution is -2.50. The molecule has 6 rings (SSSR count). The third-order valence-corrected chi connectivity index (χ3v) is 11.1. The summed E-state index contributed by atoms with van der Waals surface area (Å²) in [5, 5.41) is 3.38. The van der Waals surface area contributed by atoms with Crippen LogP contribution in [0.15, 0.2) is 65.7 Å². The highest BCUT2D eigenvalue weighted by atomic mass is 35.5. The van der Waals surface area contributed by atoms with E-state index in [2.05, 4.69) is 10.3 Å². The zero-order valence-corrected chi connectivity index (χ0v) is 23.0. The number of amides is 1. The lowest BCUT2D eigenvalue weighted by atomic mass is 9.70. The van der Waals surface area contributed by atoms with Crippen LogP contribution in [0, 0.1) is 11.7 Å². The number of nitrogens with one attached hydrogen (secondary N) is 1. The minimum atomic E-state index is -3.95. The molecule has 1 saturated heterocycles. The van der Waals surface area contributed by atoms with Crippen molar-refractivity contribution < 1.29 is 17.6 Å². The Morgan fingerprint density at radius 3 is 2.55 bits per heavy atom. The summed E-state index contributed by atoms with van der Waals surface area (Å²) < 4.78 is 43.4. The van der Waals surface area contributed by atoms with E-state index in [4.69, 9.17) is 11.6 Å². The van der Waals surface area contributed by atoms with Gasteiger partial charge in [-0.2, -0.15) is 11.8 Å². The molecule has 1 N–H and O–H groups in total. The molecule has 1 amide bonds. The summed E-state index contributed by atoms with van der Waals surface area (Å²) in [6.45, 7) is 0.188. The van der Waals surface area contributed by atoms with Gasteiger partial charge in [0.1, 0.15) is 5.82 Å². The van der Waals surface area contributed by atoms with Crippen molar-refractivity contribution in [2.75, 3.05) is 15.8 Å². The van der Waals surface area contributed by atoms with Gasteiger partial charge in [0, 0.05) is 17.2 Å². The summed E-state index contributed by atoms with van der Waals surface area (Å²) >= 11 is 8.08. The number of thioether (sulfide) groups is 1. The molecule has 3 heterocycles. The van der Waals surface area contributed by atoms with E-state index in [0.29, 0.717) is 22.0 Å². The van der Waals surface area contributed by atoms with Crippen LogP contribution in [-0.2, 0) is 22.0 Å². The molecule has 198 valence electrons. The highest BCUT2D eigenvalue weighted by molar-refractivity contribution is 7.99. The van der Waals surface area contributed by atoms with Crippen LogP contribution in [0.1, 0.15) is 47.3 Å². The monoisotopic (exact) mass is 571 g/mol. The molecule has 0 bridgehead atoms. The molecule has 1 unspecified atom stereocenters. The van der Waals surface area contributed by atoms with Crippen molar-refractivity contribution in [3.05, 3.63) is 88.5 Å². The number of fused-ring (bicyclic) bond motifs is 2. The Bertz CT molecular complexity index is 1490. The molecule has 1 aromatic heterocycles. The second-order valence-corrected chi connectivity index (χ2v) is 13.6. The van der Waals surface area contributed by atoms with Crippen molar-refractivity contribution in [1.82, 2.24) is 10.3 Å². The maximum atomic E-state index is 14.1. The number of hydrogen-bond acceptors (Lipinski definition) is 5. The highest BCUT2D eigenvalue weighted by Crippen LogP contribution is 2.59. The van der Waals surface area contributed by atoms with Gasteiger partial charge in [0.05, 0.1) is 33.9 Å². The highest BCUT2D eigenvalue weighted by Gasteiger charge is 2.59. The average Bonchev–Trinajstić information content (AvgIpc) is 3.72. The quantitative estimate of drug-likeness (QED) is 0.419. The Morgan fingerprint density at radius 2 is 1.87 bits per heavy atom. The number of carbonyl (C=O) groups is 1. The smallest absolute Gasteiger partial charge is 0.264 e. The van der Waals surface area contributed by atoms with Crippen LogP contribution in [0.5, 0.6) is 0 Å². The summed E-state index contributed by atoms with van der Waals surface area (Å²) in [6.07, 6.45) is 5.26. The van der Waals surface area contributed by atoms with Crippen LogP contribution in [0.2, 0.25) is 5.02 Å². The number of halogens is 2. The first kappa shape index (κ1) is 25.6. The molecule has 2 aromatic carbocycles. The SMILES string of the molecule is O=C(NCc1ncccc1Cl)c1ccc2c(c1)C1(CCSCC1)C(C1CC1)N2S(=O)(=O)c1ccc(F)cc1. The first-order valence-electron chi connectivity index (χ1n) is 12.7. The van der Waals surface area contributed by atoms with E-state index in [0.717, 1.165) is 42.8 Å². The van der Waals surface area contributed by atoms with Crippen LogP contribution in [-0.4, -0.2) is 36.9 Å². The van der Waals surface area contributed by atoms with E-state index >= 15 is 0 Å². The number of hydrogen-bond donors (Lipinski definition) is 1. The molecule has 38 heavy (non-hydrogen) atoms. The van der Waals surface area contributed by atoms with Gasteiger partial charge in [-0.1, -0.05) is 11.6 Å². The van der Waals surface area contributed by atoms with Gasteiger partial charge >= 0.3 is 0 Å². The number of anilines is 1. The van der Waals surface area contributed by atoms with Crippen LogP contribution in [0.25, 0.3) is 0 Å². The summed E-state index contributed by atoms with van der Waals surface area (Å²) in [5.74, 6) is 1.37. The van der Waals surface area contributed by atoms with Gasteiger partial charge in [-0.25, -0.2) is 12.8 Å². The first-order chi connectivity index (χ1) is 18.3. The van der Waals surface area contributed by atoms with Crippen molar-refractivity contribution in [2.24, 2.45) is 5.92 Å². The number of pyridine rings is 1. The topological polar surface area (TPSA) is 79.4 Å². The molecule has 3 aromatic rings. The number of nitrogens with zero attached hydrogens (tertiary/aromatic N) is 2. The fraction of sp³-hybridized carbons (Fsp3) is 0.357. The molecule has 2 fully saturated rings. The molecular formula is C28H27ClFN3O3S2. The molecule has 1 atom stereocenters. The third-order valence-electron chi connectivity index (χ3n) is 7.93. The summed E-state index contributed by atoms with van der Waals surface area (Å²) in [5.41, 5.74) is 2.24. The van der Waals surface area contributed by atoms with Crippen LogP contribution >= 0.6 is 23.4 Å². The van der Waals surface area contributed by atoms with E-state index in [9.17, 15) is 17.6 Å². The van der Waals surface area contributed by atoms with Gasteiger partial charge in [-0.05, 0) is 103 Å². The molecule has 3 aliphatic rings. The van der Waals surface area contributed by atoms with E-state index in [1.165, 1.54) is 24.3 Å². The average molecular weight is 572 g/mol. The maximum Gasteiger partial charge on any atom is 0.264 e. The number of sulfonamides is 1. The Morgan fingerprint density at radius 1 is 1.13 bits per heavy atom. The molecule has 1 aliphatic carbocycles. The van der Waals surface area contributed by atoms with Crippen molar-refractivity contribution >= 4 is 45.0 Å². The summed E-state index contributed by atoms with van der Waals surface area (Å²) in [4.78, 5) is 17.5. The van der Waals surface area contributed by atoms with Crippen molar-refractivity contribution in [1.29, 1.82) is 0 Å². The summed E-state index contributed by atoms with van der Waals surface area (Å²) in [6, 6.07) is 13.6. The predicted molar refractivity (Wildman–Crippen MR) is 148 cm³/mol. The Kier molecular flexibility index (Phi) is 6.64. The fourth-order valence-corrected chi connectivity index (χ4v) is 9.18. The molecule has 1 saturated carbocycles. The Labute approximate surface area is 231 Å². The summed E-state index contributed by atoms with van der Waals surface area (Å²) in [7, 11) is -3.95. The Balaban J connectivity index is 1.41. The largest absolute Gasteiger partial charge is 0.346 e. The zero-order valence-electron chi connectivity index (χ0n) is 20.6. The van der Waals surface area contributed by atoms with Crippen LogP contribution < -0.4 is 9.62 Å². The lowest BCUT2D eigenvalue weighted by molar-refractivity contribution is 0.0950. The first-order valence-corrected chi connectivity index (χ1v) is 15.7. The van der Waals surface area contributed by atoms with Gasteiger partial charge in [0.15, 0.2) is 0 Å². The second kappa shape index (κ2) is 9.84. The number of rotatable bonds is 6. The van der Waals surface area contributed by atoms with Crippen molar-refractivity contribution in [3.8, 4) is 0 Å². The van der Waals surface area contributed by atoms with Crippen LogP contribution in [0.3, 0.4) is 0 Å². The molecule has 6 nitrogen and oxygen atoms in total. The molecular weight excluding hydrogens is 545 g/mol. The third kappa shape index (κ3) is 4.38. The van der Waals surface area contributed by atoms with E-state index in [1.54, 1.807) is 34.8 Å². The minimum Gasteiger partial charge on any atom is -0.346 e. The molecule has 10 heteroatoms. The Hall–Kier alpha value is -2.62. The number of carbonyl (C=O) groups excluding carboxylic acids is 1. The van der Waals surface area contributed by atoms with E-state index in [-0.39, 0.29) is 34.7 Å². The molecule has 2 aliphatic heterocycles. The number of aromatic nitrogens is 1. The normalized spacial score (nSPS) is 20.4. The van der Waals surface area contributed by atoms with Gasteiger partial charge in [-0.15, -0.1) is 0 Å². The van der Waals surface area contributed by atoms with E-state index in [1.807, 2.05) is 17.8 Å². The molecule has 0 radical (unpaired) electrons.